The Hall–Kier alpha value is -2.48. The summed E-state index contributed by atoms with van der Waals surface area (Å²) in [6.07, 6.45) is 1.25. The highest BCUT2D eigenvalue weighted by Crippen LogP contribution is 2.29. The van der Waals surface area contributed by atoms with E-state index in [0.29, 0.717) is 13.0 Å². The standard InChI is InChI=1S/C23H27N3O3S/c1-28-19-9-7-18(8-10-19)17-22(27)26(12-4-11-25-13-15-29-16-14-25)23-24-20-5-2-3-6-21(20)30-23/h2-3,5-10H,4,11-17H2,1H3. The SMILES string of the molecule is COc1ccc(CC(=O)N(CCCN2CCOCC2)c2nc3ccccc3s2)cc1. The summed E-state index contributed by atoms with van der Waals surface area (Å²) in [7, 11) is 1.64. The number of morpholine rings is 1. The van der Waals surface area contributed by atoms with Crippen LogP contribution in [0.3, 0.4) is 0 Å². The molecule has 0 unspecified atom stereocenters. The minimum atomic E-state index is 0.0706. The molecule has 1 aliphatic heterocycles. The fraction of sp³-hybridized carbons (Fsp3) is 0.391. The summed E-state index contributed by atoms with van der Waals surface area (Å²) in [5, 5.41) is 0.775. The molecule has 1 saturated heterocycles. The first-order valence-electron chi connectivity index (χ1n) is 10.3. The Bertz CT molecular complexity index is 934. The average molecular weight is 426 g/mol. The van der Waals surface area contributed by atoms with E-state index in [1.165, 1.54) is 0 Å². The fourth-order valence-electron chi connectivity index (χ4n) is 3.59. The van der Waals surface area contributed by atoms with E-state index in [9.17, 15) is 4.79 Å². The van der Waals surface area contributed by atoms with Gasteiger partial charge in [0.15, 0.2) is 5.13 Å². The Morgan fingerprint density at radius 2 is 1.93 bits per heavy atom. The van der Waals surface area contributed by atoms with Crippen LogP contribution in [0.5, 0.6) is 5.75 Å². The molecule has 6 nitrogen and oxygen atoms in total. The van der Waals surface area contributed by atoms with Gasteiger partial charge in [0.2, 0.25) is 5.91 Å². The number of fused-ring (bicyclic) bond motifs is 1. The van der Waals surface area contributed by atoms with Crippen LogP contribution in [0.15, 0.2) is 48.5 Å². The smallest absolute Gasteiger partial charge is 0.233 e. The summed E-state index contributed by atoms with van der Waals surface area (Å²) in [4.78, 5) is 22.2. The molecule has 0 aliphatic carbocycles. The Kier molecular flexibility index (Phi) is 6.94. The highest BCUT2D eigenvalue weighted by molar-refractivity contribution is 7.22. The number of methoxy groups -OCH3 is 1. The minimum absolute atomic E-state index is 0.0706. The minimum Gasteiger partial charge on any atom is -0.497 e. The summed E-state index contributed by atoms with van der Waals surface area (Å²) in [6, 6.07) is 15.7. The van der Waals surface area contributed by atoms with Gasteiger partial charge >= 0.3 is 0 Å². The van der Waals surface area contributed by atoms with Crippen LogP contribution < -0.4 is 9.64 Å². The monoisotopic (exact) mass is 425 g/mol. The zero-order valence-corrected chi connectivity index (χ0v) is 18.1. The molecule has 2 aromatic carbocycles. The molecular formula is C23H27N3O3S. The topological polar surface area (TPSA) is 54.9 Å². The number of hydrogen-bond donors (Lipinski definition) is 0. The van der Waals surface area contributed by atoms with Gasteiger partial charge in [-0.15, -0.1) is 0 Å². The molecule has 0 N–H and O–H groups in total. The Labute approximate surface area is 181 Å². The van der Waals surface area contributed by atoms with Crippen molar-refractivity contribution in [1.29, 1.82) is 0 Å². The number of thiazole rings is 1. The van der Waals surface area contributed by atoms with Gasteiger partial charge < -0.3 is 9.47 Å². The molecule has 0 bridgehead atoms. The van der Waals surface area contributed by atoms with Gasteiger partial charge in [-0.2, -0.15) is 0 Å². The number of amides is 1. The van der Waals surface area contributed by atoms with Crippen molar-refractivity contribution in [3.05, 3.63) is 54.1 Å². The largest absolute Gasteiger partial charge is 0.497 e. The van der Waals surface area contributed by atoms with E-state index < -0.39 is 0 Å². The lowest BCUT2D eigenvalue weighted by molar-refractivity contribution is -0.118. The van der Waals surface area contributed by atoms with Crippen LogP contribution in [-0.4, -0.2) is 62.3 Å². The Morgan fingerprint density at radius 1 is 1.17 bits per heavy atom. The average Bonchev–Trinajstić information content (AvgIpc) is 3.21. The number of benzene rings is 2. The van der Waals surface area contributed by atoms with Gasteiger partial charge in [0.25, 0.3) is 0 Å². The van der Waals surface area contributed by atoms with Crippen molar-refractivity contribution in [2.75, 3.05) is 51.4 Å². The maximum Gasteiger partial charge on any atom is 0.233 e. The molecule has 7 heteroatoms. The van der Waals surface area contributed by atoms with Crippen molar-refractivity contribution in [2.45, 2.75) is 12.8 Å². The first-order valence-corrected chi connectivity index (χ1v) is 11.1. The van der Waals surface area contributed by atoms with Crippen molar-refractivity contribution >= 4 is 32.6 Å². The fourth-order valence-corrected chi connectivity index (χ4v) is 4.60. The van der Waals surface area contributed by atoms with Gasteiger partial charge in [0.05, 0.1) is 37.0 Å². The molecule has 1 aliphatic rings. The van der Waals surface area contributed by atoms with Gasteiger partial charge in [-0.05, 0) is 36.2 Å². The number of rotatable bonds is 8. The van der Waals surface area contributed by atoms with E-state index in [0.717, 1.165) is 65.9 Å². The summed E-state index contributed by atoms with van der Waals surface area (Å²) >= 11 is 1.58. The quantitative estimate of drug-likeness (QED) is 0.552. The number of anilines is 1. The highest BCUT2D eigenvalue weighted by Gasteiger charge is 2.20. The molecule has 1 amide bonds. The predicted octanol–water partition coefficient (Wildman–Crippen LogP) is 3.60. The molecule has 30 heavy (non-hydrogen) atoms. The van der Waals surface area contributed by atoms with Crippen molar-refractivity contribution in [2.24, 2.45) is 0 Å². The van der Waals surface area contributed by atoms with Gasteiger partial charge in [0.1, 0.15) is 5.75 Å². The molecule has 1 aromatic heterocycles. The lowest BCUT2D eigenvalue weighted by Crippen LogP contribution is -2.39. The Morgan fingerprint density at radius 3 is 2.67 bits per heavy atom. The molecule has 4 rings (SSSR count). The first kappa shape index (κ1) is 20.8. The van der Waals surface area contributed by atoms with Crippen LogP contribution in [0.1, 0.15) is 12.0 Å². The predicted molar refractivity (Wildman–Crippen MR) is 121 cm³/mol. The van der Waals surface area contributed by atoms with E-state index in [4.69, 9.17) is 14.5 Å². The number of para-hydroxylation sites is 1. The first-order chi connectivity index (χ1) is 14.7. The van der Waals surface area contributed by atoms with Crippen LogP contribution in [0.25, 0.3) is 10.2 Å². The van der Waals surface area contributed by atoms with Crippen molar-refractivity contribution in [3.8, 4) is 5.75 Å². The third kappa shape index (κ3) is 5.16. The summed E-state index contributed by atoms with van der Waals surface area (Å²) in [5.74, 6) is 0.862. The number of aromatic nitrogens is 1. The maximum atomic E-state index is 13.3. The molecule has 0 atom stereocenters. The lowest BCUT2D eigenvalue weighted by Gasteiger charge is -2.27. The second kappa shape index (κ2) is 10.0. The molecule has 158 valence electrons. The van der Waals surface area contributed by atoms with Crippen LogP contribution in [0.4, 0.5) is 5.13 Å². The highest BCUT2D eigenvalue weighted by atomic mass is 32.1. The van der Waals surface area contributed by atoms with Crippen molar-refractivity contribution in [1.82, 2.24) is 9.88 Å². The van der Waals surface area contributed by atoms with Crippen LogP contribution in [0.2, 0.25) is 0 Å². The number of nitrogens with zero attached hydrogens (tertiary/aromatic N) is 3. The number of ether oxygens (including phenoxy) is 2. The third-order valence-corrected chi connectivity index (χ3v) is 6.35. The summed E-state index contributed by atoms with van der Waals surface area (Å²) in [6.45, 7) is 5.12. The molecule has 0 spiro atoms. The molecule has 2 heterocycles. The van der Waals surface area contributed by atoms with Gasteiger partial charge in [-0.25, -0.2) is 4.98 Å². The van der Waals surface area contributed by atoms with E-state index in [-0.39, 0.29) is 5.91 Å². The maximum absolute atomic E-state index is 13.3. The zero-order valence-electron chi connectivity index (χ0n) is 17.3. The van der Waals surface area contributed by atoms with Crippen molar-refractivity contribution < 1.29 is 14.3 Å². The number of hydrogen-bond acceptors (Lipinski definition) is 6. The van der Waals surface area contributed by atoms with Gasteiger partial charge in [0, 0.05) is 26.2 Å². The summed E-state index contributed by atoms with van der Waals surface area (Å²) < 4.78 is 11.7. The lowest BCUT2D eigenvalue weighted by atomic mass is 10.1. The van der Waals surface area contributed by atoms with E-state index in [1.54, 1.807) is 18.4 Å². The molecule has 1 fully saturated rings. The van der Waals surface area contributed by atoms with Crippen molar-refractivity contribution in [3.63, 3.8) is 0 Å². The van der Waals surface area contributed by atoms with Crippen LogP contribution in [0, 0.1) is 0 Å². The molecule has 0 saturated carbocycles. The number of carbonyl (C=O) groups is 1. The Balaban J connectivity index is 1.48. The van der Waals surface area contributed by atoms with Crippen LogP contribution >= 0.6 is 11.3 Å². The number of carbonyl (C=O) groups excluding carboxylic acids is 1. The van der Waals surface area contributed by atoms with Crippen LogP contribution in [-0.2, 0) is 16.0 Å². The van der Waals surface area contributed by atoms with E-state index in [1.807, 2.05) is 47.4 Å². The zero-order chi connectivity index (χ0) is 20.8. The summed E-state index contributed by atoms with van der Waals surface area (Å²) in [5.41, 5.74) is 1.91. The molecule has 3 aromatic rings. The van der Waals surface area contributed by atoms with Gasteiger partial charge in [-0.1, -0.05) is 35.6 Å². The van der Waals surface area contributed by atoms with Gasteiger partial charge in [-0.3, -0.25) is 14.6 Å². The van der Waals surface area contributed by atoms with E-state index in [2.05, 4.69) is 11.0 Å². The second-order valence-electron chi connectivity index (χ2n) is 7.34. The third-order valence-electron chi connectivity index (χ3n) is 5.29. The second-order valence-corrected chi connectivity index (χ2v) is 8.35. The normalized spacial score (nSPS) is 14.7. The molecule has 0 radical (unpaired) electrons. The molecular weight excluding hydrogens is 398 g/mol. The van der Waals surface area contributed by atoms with E-state index >= 15 is 0 Å².